The minimum absolute atomic E-state index is 0.0805. The quantitative estimate of drug-likeness (QED) is 0.221. The third kappa shape index (κ3) is 2.43. The van der Waals surface area contributed by atoms with Crippen LogP contribution in [0.4, 0.5) is 5.69 Å². The van der Waals surface area contributed by atoms with Crippen LogP contribution >= 0.6 is 11.8 Å². The summed E-state index contributed by atoms with van der Waals surface area (Å²) in [4.78, 5) is 10.9. The smallest absolute Gasteiger partial charge is 0.307 e. The van der Waals surface area contributed by atoms with Gasteiger partial charge in [-0.25, -0.2) is 4.68 Å². The molecule has 8 nitrogen and oxygen atoms in total. The van der Waals surface area contributed by atoms with E-state index in [1.54, 1.807) is 18.2 Å². The van der Waals surface area contributed by atoms with Gasteiger partial charge in [-0.2, -0.15) is 5.10 Å². The first-order chi connectivity index (χ1) is 9.58. The van der Waals surface area contributed by atoms with Crippen molar-refractivity contribution < 1.29 is 10.1 Å². The second-order valence-corrected chi connectivity index (χ2v) is 4.59. The Labute approximate surface area is 118 Å². The highest BCUT2D eigenvalue weighted by Gasteiger charge is 2.17. The minimum atomic E-state index is -0.537. The number of thioether (sulfide) groups is 1. The molecule has 104 valence electrons. The molecule has 9 heteroatoms. The van der Waals surface area contributed by atoms with Crippen LogP contribution in [0.3, 0.4) is 0 Å². The van der Waals surface area contributed by atoms with Crippen LogP contribution in [0.5, 0.6) is 0 Å². The van der Waals surface area contributed by atoms with Gasteiger partial charge >= 0.3 is 5.69 Å². The van der Waals surface area contributed by atoms with Gasteiger partial charge in [0.2, 0.25) is 0 Å². The Morgan fingerprint density at radius 2 is 2.35 bits per heavy atom. The van der Waals surface area contributed by atoms with E-state index >= 15 is 0 Å². The molecule has 0 fully saturated rings. The Bertz CT molecular complexity index is 682. The second-order valence-electron chi connectivity index (χ2n) is 3.74. The topological polar surface area (TPSA) is 120 Å². The van der Waals surface area contributed by atoms with Crippen molar-refractivity contribution in [2.75, 3.05) is 6.26 Å². The van der Waals surface area contributed by atoms with Crippen molar-refractivity contribution in [2.24, 2.45) is 10.9 Å². The Hall–Kier alpha value is -2.55. The number of oxime groups is 1. The highest BCUT2D eigenvalue weighted by atomic mass is 32.2. The fraction of sp³-hybridized carbons (Fsp3) is 0.0909. The molecule has 0 aliphatic rings. The summed E-state index contributed by atoms with van der Waals surface area (Å²) in [7, 11) is 0. The summed E-state index contributed by atoms with van der Waals surface area (Å²) in [6.07, 6.45) is 4.26. The Morgan fingerprint density at radius 1 is 1.60 bits per heavy atom. The van der Waals surface area contributed by atoms with Gasteiger partial charge in [0, 0.05) is 4.90 Å². The summed E-state index contributed by atoms with van der Waals surface area (Å²) in [5.41, 5.74) is 6.53. The maximum atomic E-state index is 10.7. The Balaban J connectivity index is 2.63. The van der Waals surface area contributed by atoms with Crippen molar-refractivity contribution in [2.45, 2.75) is 4.90 Å². The lowest BCUT2D eigenvalue weighted by Gasteiger charge is -2.11. The standard InChI is InChI=1S/C11H11N5O3S/c1-20-9-4-2-3-8(10(9)11(12)14-17)15-6-7(5-13-15)16(18)19/h2-6,17H,1H3,(H2,12,14). The molecule has 0 spiro atoms. The van der Waals surface area contributed by atoms with E-state index in [0.29, 0.717) is 11.3 Å². The molecule has 0 radical (unpaired) electrons. The van der Waals surface area contributed by atoms with E-state index in [2.05, 4.69) is 10.3 Å². The van der Waals surface area contributed by atoms with E-state index < -0.39 is 4.92 Å². The van der Waals surface area contributed by atoms with Crippen molar-refractivity contribution in [1.29, 1.82) is 0 Å². The number of nitrogens with two attached hydrogens (primary N) is 1. The van der Waals surface area contributed by atoms with Crippen molar-refractivity contribution in [3.63, 3.8) is 0 Å². The fourth-order valence-electron chi connectivity index (χ4n) is 1.73. The molecule has 0 saturated heterocycles. The molecular weight excluding hydrogens is 282 g/mol. The van der Waals surface area contributed by atoms with Gasteiger partial charge in [0.15, 0.2) is 5.84 Å². The lowest BCUT2D eigenvalue weighted by Crippen LogP contribution is -2.17. The molecule has 0 bridgehead atoms. The predicted molar refractivity (Wildman–Crippen MR) is 74.5 cm³/mol. The van der Waals surface area contributed by atoms with Crippen LogP contribution in [-0.4, -0.2) is 32.0 Å². The van der Waals surface area contributed by atoms with Gasteiger partial charge in [-0.3, -0.25) is 10.1 Å². The zero-order chi connectivity index (χ0) is 14.7. The molecular formula is C11H11N5O3S. The highest BCUT2D eigenvalue weighted by Crippen LogP contribution is 2.26. The number of benzene rings is 1. The van der Waals surface area contributed by atoms with Crippen LogP contribution in [0.2, 0.25) is 0 Å². The molecule has 0 atom stereocenters. The van der Waals surface area contributed by atoms with E-state index in [1.165, 1.54) is 22.6 Å². The molecule has 20 heavy (non-hydrogen) atoms. The molecule has 2 rings (SSSR count). The maximum absolute atomic E-state index is 10.7. The molecule has 2 aromatic rings. The van der Waals surface area contributed by atoms with Gasteiger partial charge in [-0.1, -0.05) is 11.2 Å². The van der Waals surface area contributed by atoms with E-state index in [4.69, 9.17) is 10.9 Å². The zero-order valence-corrected chi connectivity index (χ0v) is 11.2. The van der Waals surface area contributed by atoms with Crippen LogP contribution in [-0.2, 0) is 0 Å². The zero-order valence-electron chi connectivity index (χ0n) is 10.4. The number of nitro groups is 1. The first-order valence-corrected chi connectivity index (χ1v) is 6.65. The highest BCUT2D eigenvalue weighted by molar-refractivity contribution is 7.98. The van der Waals surface area contributed by atoms with Crippen molar-refractivity contribution in [1.82, 2.24) is 9.78 Å². The molecule has 0 saturated carbocycles. The van der Waals surface area contributed by atoms with E-state index in [-0.39, 0.29) is 11.5 Å². The molecule has 1 aromatic carbocycles. The predicted octanol–water partition coefficient (Wildman–Crippen LogP) is 1.60. The summed E-state index contributed by atoms with van der Waals surface area (Å²) in [5, 5.41) is 26.5. The Morgan fingerprint density at radius 3 is 2.90 bits per heavy atom. The SMILES string of the molecule is CSc1cccc(-n2cc([N+](=O)[O-])cn2)c1/C(N)=N/O. The largest absolute Gasteiger partial charge is 0.409 e. The number of rotatable bonds is 4. The molecule has 0 aliphatic heterocycles. The van der Waals surface area contributed by atoms with Crippen molar-refractivity contribution in [3.05, 3.63) is 46.3 Å². The summed E-state index contributed by atoms with van der Waals surface area (Å²) >= 11 is 1.41. The lowest BCUT2D eigenvalue weighted by molar-refractivity contribution is -0.384. The number of nitrogens with zero attached hydrogens (tertiary/aromatic N) is 4. The average Bonchev–Trinajstić information content (AvgIpc) is 2.95. The van der Waals surface area contributed by atoms with E-state index in [1.807, 2.05) is 6.26 Å². The minimum Gasteiger partial charge on any atom is -0.409 e. The Kier molecular flexibility index (Phi) is 3.89. The normalized spacial score (nSPS) is 11.6. The monoisotopic (exact) mass is 293 g/mol. The van der Waals surface area contributed by atoms with Crippen LogP contribution in [0.25, 0.3) is 5.69 Å². The third-order valence-corrected chi connectivity index (χ3v) is 3.39. The van der Waals surface area contributed by atoms with Gasteiger partial charge in [0.25, 0.3) is 0 Å². The number of hydrogen-bond acceptors (Lipinski definition) is 6. The van der Waals surface area contributed by atoms with Crippen LogP contribution in [0, 0.1) is 10.1 Å². The molecule has 0 aliphatic carbocycles. The number of hydrogen-bond donors (Lipinski definition) is 2. The maximum Gasteiger partial charge on any atom is 0.307 e. The van der Waals surface area contributed by atoms with Gasteiger partial charge in [-0.15, -0.1) is 11.8 Å². The lowest BCUT2D eigenvalue weighted by atomic mass is 10.1. The summed E-state index contributed by atoms with van der Waals surface area (Å²) in [6, 6.07) is 5.26. The van der Waals surface area contributed by atoms with Crippen LogP contribution in [0.1, 0.15) is 5.56 Å². The summed E-state index contributed by atoms with van der Waals surface area (Å²) in [6.45, 7) is 0. The van der Waals surface area contributed by atoms with Gasteiger partial charge in [-0.05, 0) is 18.4 Å². The fourth-order valence-corrected chi connectivity index (χ4v) is 2.36. The number of aromatic nitrogens is 2. The molecule has 1 aromatic heterocycles. The first-order valence-electron chi connectivity index (χ1n) is 5.42. The van der Waals surface area contributed by atoms with Crippen molar-refractivity contribution >= 4 is 23.3 Å². The van der Waals surface area contributed by atoms with Crippen LogP contribution in [0.15, 0.2) is 40.6 Å². The first kappa shape index (κ1) is 13.9. The van der Waals surface area contributed by atoms with Crippen molar-refractivity contribution in [3.8, 4) is 5.69 Å². The van der Waals surface area contributed by atoms with E-state index in [9.17, 15) is 10.1 Å². The van der Waals surface area contributed by atoms with Crippen LogP contribution < -0.4 is 5.73 Å². The average molecular weight is 293 g/mol. The molecule has 1 heterocycles. The van der Waals surface area contributed by atoms with E-state index in [0.717, 1.165) is 11.1 Å². The van der Waals surface area contributed by atoms with Gasteiger partial charge in [0.1, 0.15) is 12.4 Å². The third-order valence-electron chi connectivity index (χ3n) is 2.61. The molecule has 3 N–H and O–H groups in total. The summed E-state index contributed by atoms with van der Waals surface area (Å²) in [5.74, 6) is -0.0805. The second kappa shape index (κ2) is 5.61. The summed E-state index contributed by atoms with van der Waals surface area (Å²) < 4.78 is 1.32. The molecule has 0 amide bonds. The van der Waals surface area contributed by atoms with Gasteiger partial charge < -0.3 is 10.9 Å². The molecule has 0 unspecified atom stereocenters. The van der Waals surface area contributed by atoms with Gasteiger partial charge in [0.05, 0.1) is 16.2 Å². The number of amidine groups is 1.